The molecule has 0 fully saturated rings. The highest BCUT2D eigenvalue weighted by Gasteiger charge is 2.23. The second-order valence-corrected chi connectivity index (χ2v) is 6.87. The number of nitrogens with one attached hydrogen (secondary N) is 2. The maximum atomic E-state index is 13.1. The molecule has 2 aromatic rings. The van der Waals surface area contributed by atoms with E-state index in [1.165, 1.54) is 19.1 Å². The van der Waals surface area contributed by atoms with Crippen molar-refractivity contribution in [2.75, 3.05) is 4.72 Å². The first-order chi connectivity index (χ1) is 9.22. The third kappa shape index (κ3) is 2.80. The van der Waals surface area contributed by atoms with Gasteiger partial charge in [-0.25, -0.2) is 8.42 Å². The SMILES string of the molecule is Cc1[nH]ncc1S(=O)(=O)Nc1ccccc1S(=O)(=O)F. The Morgan fingerprint density at radius 1 is 1.15 bits per heavy atom. The minimum absolute atomic E-state index is 0.149. The highest BCUT2D eigenvalue weighted by Crippen LogP contribution is 2.25. The lowest BCUT2D eigenvalue weighted by molar-refractivity contribution is 0.552. The van der Waals surface area contributed by atoms with Crippen LogP contribution >= 0.6 is 0 Å². The molecule has 0 spiro atoms. The average molecular weight is 319 g/mol. The molecule has 2 N–H and O–H groups in total. The Labute approximate surface area is 115 Å². The molecule has 2 rings (SSSR count). The summed E-state index contributed by atoms with van der Waals surface area (Å²) in [6.07, 6.45) is 1.07. The molecule has 10 heteroatoms. The molecular weight excluding hydrogens is 309 g/mol. The Morgan fingerprint density at radius 3 is 2.35 bits per heavy atom. The number of hydrogen-bond acceptors (Lipinski definition) is 5. The van der Waals surface area contributed by atoms with E-state index in [4.69, 9.17) is 0 Å². The van der Waals surface area contributed by atoms with Gasteiger partial charge in [0.1, 0.15) is 9.79 Å². The first-order valence-corrected chi connectivity index (χ1v) is 8.15. The van der Waals surface area contributed by atoms with Crippen molar-refractivity contribution in [2.45, 2.75) is 16.7 Å². The van der Waals surface area contributed by atoms with Gasteiger partial charge in [-0.2, -0.15) is 13.5 Å². The Kier molecular flexibility index (Phi) is 3.52. The maximum Gasteiger partial charge on any atom is 0.334 e. The third-order valence-corrected chi connectivity index (χ3v) is 4.83. The van der Waals surface area contributed by atoms with Crippen molar-refractivity contribution in [1.29, 1.82) is 0 Å². The van der Waals surface area contributed by atoms with E-state index in [-0.39, 0.29) is 16.3 Å². The molecule has 0 bridgehead atoms. The van der Waals surface area contributed by atoms with Crippen LogP contribution in [0.1, 0.15) is 5.69 Å². The molecule has 0 atom stereocenters. The number of aromatic amines is 1. The molecule has 1 aromatic heterocycles. The number of halogens is 1. The molecule has 20 heavy (non-hydrogen) atoms. The van der Waals surface area contributed by atoms with Crippen molar-refractivity contribution >= 4 is 25.9 Å². The Hall–Kier alpha value is -1.94. The Balaban J connectivity index is 2.49. The molecule has 1 aromatic carbocycles. The summed E-state index contributed by atoms with van der Waals surface area (Å²) in [5.74, 6) is 0. The summed E-state index contributed by atoms with van der Waals surface area (Å²) in [4.78, 5) is -0.895. The molecule has 0 amide bonds. The second kappa shape index (κ2) is 4.87. The minimum Gasteiger partial charge on any atom is -0.281 e. The molecule has 0 aliphatic rings. The normalized spacial score (nSPS) is 12.3. The topological polar surface area (TPSA) is 109 Å². The first-order valence-electron chi connectivity index (χ1n) is 5.28. The number of anilines is 1. The van der Waals surface area contributed by atoms with Crippen LogP contribution in [0.5, 0.6) is 0 Å². The van der Waals surface area contributed by atoms with Gasteiger partial charge in [0, 0.05) is 0 Å². The fraction of sp³-hybridized carbons (Fsp3) is 0.100. The van der Waals surface area contributed by atoms with Crippen molar-refractivity contribution in [2.24, 2.45) is 0 Å². The lowest BCUT2D eigenvalue weighted by Gasteiger charge is -2.09. The van der Waals surface area contributed by atoms with E-state index < -0.39 is 25.1 Å². The number of aryl methyl sites for hydroxylation is 1. The highest BCUT2D eigenvalue weighted by molar-refractivity contribution is 7.93. The number of aromatic nitrogens is 2. The van der Waals surface area contributed by atoms with Gasteiger partial charge < -0.3 is 0 Å². The van der Waals surface area contributed by atoms with E-state index in [2.05, 4.69) is 10.2 Å². The molecular formula is C10H10FN3O4S2. The minimum atomic E-state index is -5.04. The Bertz CT molecular complexity index is 843. The van der Waals surface area contributed by atoms with Gasteiger partial charge >= 0.3 is 10.2 Å². The lowest BCUT2D eigenvalue weighted by atomic mass is 10.3. The fourth-order valence-electron chi connectivity index (χ4n) is 1.57. The molecule has 0 aliphatic heterocycles. The van der Waals surface area contributed by atoms with E-state index in [1.54, 1.807) is 0 Å². The Morgan fingerprint density at radius 2 is 1.80 bits per heavy atom. The molecule has 0 saturated heterocycles. The summed E-state index contributed by atoms with van der Waals surface area (Å²) < 4.78 is 61.2. The van der Waals surface area contributed by atoms with E-state index in [9.17, 15) is 20.7 Å². The van der Waals surface area contributed by atoms with Crippen LogP contribution in [0.25, 0.3) is 0 Å². The van der Waals surface area contributed by atoms with Crippen LogP contribution in [0.2, 0.25) is 0 Å². The van der Waals surface area contributed by atoms with Crippen molar-refractivity contribution < 1.29 is 20.7 Å². The van der Waals surface area contributed by atoms with Crippen LogP contribution < -0.4 is 4.72 Å². The number of H-pyrrole nitrogens is 1. The lowest BCUT2D eigenvalue weighted by Crippen LogP contribution is -2.15. The van der Waals surface area contributed by atoms with Gasteiger partial charge in [0.2, 0.25) is 0 Å². The summed E-state index contributed by atoms with van der Waals surface area (Å²) in [6, 6.07) is 4.79. The summed E-state index contributed by atoms with van der Waals surface area (Å²) in [5, 5.41) is 6.01. The molecule has 7 nitrogen and oxygen atoms in total. The number of para-hydroxylation sites is 1. The van der Waals surface area contributed by atoms with Crippen LogP contribution in [0.4, 0.5) is 9.57 Å². The van der Waals surface area contributed by atoms with E-state index in [1.807, 2.05) is 4.72 Å². The summed E-state index contributed by atoms with van der Waals surface area (Å²) in [5.41, 5.74) is -0.0892. The molecule has 1 heterocycles. The third-order valence-electron chi connectivity index (χ3n) is 2.47. The van der Waals surface area contributed by atoms with Gasteiger partial charge in [-0.15, -0.1) is 3.89 Å². The second-order valence-electron chi connectivity index (χ2n) is 3.90. The van der Waals surface area contributed by atoms with Gasteiger partial charge in [0.25, 0.3) is 10.0 Å². The zero-order valence-corrected chi connectivity index (χ0v) is 11.8. The summed E-state index contributed by atoms with van der Waals surface area (Å²) >= 11 is 0. The van der Waals surface area contributed by atoms with Gasteiger partial charge in [-0.05, 0) is 19.1 Å². The zero-order chi connectivity index (χ0) is 15.0. The van der Waals surface area contributed by atoms with Crippen LogP contribution in [0, 0.1) is 6.92 Å². The quantitative estimate of drug-likeness (QED) is 0.822. The van der Waals surface area contributed by atoms with Crippen molar-refractivity contribution in [3.05, 3.63) is 36.2 Å². The van der Waals surface area contributed by atoms with Crippen molar-refractivity contribution in [1.82, 2.24) is 10.2 Å². The van der Waals surface area contributed by atoms with Gasteiger partial charge in [0.15, 0.2) is 0 Å². The van der Waals surface area contributed by atoms with Crippen LogP contribution in [-0.4, -0.2) is 27.0 Å². The standard InChI is InChI=1S/C10H10FN3O4S2/c1-7-10(6-12-13-7)20(17,18)14-8-4-2-3-5-9(8)19(11,15)16/h2-6,14H,1H3,(H,12,13). The number of nitrogens with zero attached hydrogens (tertiary/aromatic N) is 1. The fourth-order valence-corrected chi connectivity index (χ4v) is 3.48. The van der Waals surface area contributed by atoms with Crippen LogP contribution in [-0.2, 0) is 20.2 Å². The van der Waals surface area contributed by atoms with Crippen molar-refractivity contribution in [3.63, 3.8) is 0 Å². The first kappa shape index (κ1) is 14.5. The van der Waals surface area contributed by atoms with E-state index in [0.717, 1.165) is 18.3 Å². The monoisotopic (exact) mass is 319 g/mol. The summed E-state index contributed by atoms with van der Waals surface area (Å²) in [7, 11) is -9.09. The van der Waals surface area contributed by atoms with Gasteiger partial charge in [-0.3, -0.25) is 9.82 Å². The molecule has 0 aliphatic carbocycles. The number of sulfonamides is 1. The molecule has 0 unspecified atom stereocenters. The summed E-state index contributed by atoms with van der Waals surface area (Å²) in [6.45, 7) is 1.49. The van der Waals surface area contributed by atoms with E-state index >= 15 is 0 Å². The highest BCUT2D eigenvalue weighted by atomic mass is 32.3. The number of hydrogen-bond donors (Lipinski definition) is 2. The number of benzene rings is 1. The average Bonchev–Trinajstić information content (AvgIpc) is 2.75. The largest absolute Gasteiger partial charge is 0.334 e. The number of rotatable bonds is 4. The molecule has 0 saturated carbocycles. The molecule has 108 valence electrons. The van der Waals surface area contributed by atoms with Crippen LogP contribution in [0.15, 0.2) is 40.3 Å². The van der Waals surface area contributed by atoms with Gasteiger partial charge in [0.05, 0.1) is 17.6 Å². The predicted molar refractivity (Wildman–Crippen MR) is 68.9 cm³/mol. The van der Waals surface area contributed by atoms with Crippen LogP contribution in [0.3, 0.4) is 0 Å². The maximum absolute atomic E-state index is 13.1. The predicted octanol–water partition coefficient (Wildman–Crippen LogP) is 1.18. The molecule has 0 radical (unpaired) electrons. The van der Waals surface area contributed by atoms with E-state index in [0.29, 0.717) is 0 Å². The zero-order valence-electron chi connectivity index (χ0n) is 10.2. The smallest absolute Gasteiger partial charge is 0.281 e. The van der Waals surface area contributed by atoms with Gasteiger partial charge in [-0.1, -0.05) is 12.1 Å². The van der Waals surface area contributed by atoms with Crippen molar-refractivity contribution in [3.8, 4) is 0 Å².